The first-order valence-corrected chi connectivity index (χ1v) is 4.53. The van der Waals surface area contributed by atoms with Gasteiger partial charge in [0.05, 0.1) is 6.10 Å². The lowest BCUT2D eigenvalue weighted by Crippen LogP contribution is -2.08. The molecule has 0 aliphatic rings. The Hall–Kier alpha value is 0.360. The van der Waals surface area contributed by atoms with Gasteiger partial charge in [0.1, 0.15) is 0 Å². The molecule has 0 aromatic heterocycles. The summed E-state index contributed by atoms with van der Waals surface area (Å²) in [5.74, 6) is 0. The monoisotopic (exact) mass is 194 g/mol. The van der Waals surface area contributed by atoms with Crippen molar-refractivity contribution >= 4 is 29.0 Å². The molecule has 1 atom stereocenters. The Bertz CT molecular complexity index is 117. The fraction of sp³-hybridized carbons (Fsp3) is 0.857. The van der Waals surface area contributed by atoms with Gasteiger partial charge >= 0.3 is 0 Å². The molecule has 0 aliphatic carbocycles. The number of aliphatic hydroxyl groups excluding tert-OH is 2. The van der Waals surface area contributed by atoms with Crippen LogP contribution in [0.1, 0.15) is 25.7 Å². The second-order valence-electron chi connectivity index (χ2n) is 2.45. The van der Waals surface area contributed by atoms with E-state index in [1.807, 2.05) is 0 Å². The Morgan fingerprint density at radius 1 is 1.45 bits per heavy atom. The standard InChI is InChI=1S/C7H14O2S2/c8-5-1-2-6(9)3-4-7(10)11/h6,8-9H,1-5H2,(H,10,11). The van der Waals surface area contributed by atoms with E-state index in [1.54, 1.807) is 0 Å². The van der Waals surface area contributed by atoms with E-state index in [-0.39, 0.29) is 12.7 Å². The molecule has 0 saturated carbocycles. The second-order valence-corrected chi connectivity index (χ2v) is 3.79. The minimum Gasteiger partial charge on any atom is -0.396 e. The van der Waals surface area contributed by atoms with Crippen LogP contribution in [0.2, 0.25) is 0 Å². The highest BCUT2D eigenvalue weighted by atomic mass is 32.1. The molecule has 0 aliphatic heterocycles. The SMILES string of the molecule is OCCCC(O)CCC(=S)S. The van der Waals surface area contributed by atoms with Gasteiger partial charge in [-0.15, -0.1) is 12.6 Å². The molecule has 11 heavy (non-hydrogen) atoms. The van der Waals surface area contributed by atoms with Crippen LogP contribution in [0.5, 0.6) is 0 Å². The highest BCUT2D eigenvalue weighted by Gasteiger charge is 2.03. The van der Waals surface area contributed by atoms with Crippen molar-refractivity contribution in [2.24, 2.45) is 0 Å². The van der Waals surface area contributed by atoms with Crippen molar-refractivity contribution in [2.75, 3.05) is 6.61 Å². The van der Waals surface area contributed by atoms with Gasteiger partial charge in [0.25, 0.3) is 0 Å². The largest absolute Gasteiger partial charge is 0.396 e. The Morgan fingerprint density at radius 3 is 2.55 bits per heavy atom. The molecule has 0 amide bonds. The van der Waals surface area contributed by atoms with Gasteiger partial charge in [-0.05, 0) is 25.7 Å². The summed E-state index contributed by atoms with van der Waals surface area (Å²) in [6.07, 6.45) is 2.29. The van der Waals surface area contributed by atoms with Crippen LogP contribution < -0.4 is 0 Å². The average molecular weight is 194 g/mol. The van der Waals surface area contributed by atoms with Gasteiger partial charge in [0.2, 0.25) is 0 Å². The first-order valence-electron chi connectivity index (χ1n) is 3.67. The van der Waals surface area contributed by atoms with E-state index in [0.29, 0.717) is 29.9 Å². The van der Waals surface area contributed by atoms with Crippen LogP contribution in [0.25, 0.3) is 0 Å². The first kappa shape index (κ1) is 11.4. The highest BCUT2D eigenvalue weighted by Crippen LogP contribution is 2.06. The highest BCUT2D eigenvalue weighted by molar-refractivity contribution is 8.11. The van der Waals surface area contributed by atoms with Gasteiger partial charge < -0.3 is 10.2 Å². The summed E-state index contributed by atoms with van der Waals surface area (Å²) >= 11 is 8.66. The van der Waals surface area contributed by atoms with E-state index < -0.39 is 0 Å². The van der Waals surface area contributed by atoms with E-state index in [2.05, 4.69) is 12.6 Å². The van der Waals surface area contributed by atoms with Crippen molar-refractivity contribution in [2.45, 2.75) is 31.8 Å². The predicted molar refractivity (Wildman–Crippen MR) is 53.1 cm³/mol. The molecule has 0 aromatic carbocycles. The van der Waals surface area contributed by atoms with Gasteiger partial charge in [-0.25, -0.2) is 0 Å². The smallest absolute Gasteiger partial charge is 0.0544 e. The Balaban J connectivity index is 3.22. The van der Waals surface area contributed by atoms with Gasteiger partial charge in [-0.1, -0.05) is 12.2 Å². The van der Waals surface area contributed by atoms with Gasteiger partial charge in [-0.3, -0.25) is 0 Å². The summed E-state index contributed by atoms with van der Waals surface area (Å²) in [5.41, 5.74) is 0. The van der Waals surface area contributed by atoms with Crippen LogP contribution in [-0.2, 0) is 0 Å². The summed E-state index contributed by atoms with van der Waals surface area (Å²) in [4.78, 5) is 0. The molecule has 66 valence electrons. The van der Waals surface area contributed by atoms with Crippen molar-refractivity contribution in [3.63, 3.8) is 0 Å². The molecule has 4 heteroatoms. The number of thiocarbonyl (C=S) groups is 1. The Labute approximate surface area is 78.0 Å². The number of hydrogen-bond acceptors (Lipinski definition) is 3. The summed E-state index contributed by atoms with van der Waals surface area (Å²) in [6.45, 7) is 0.141. The molecule has 2 nitrogen and oxygen atoms in total. The number of thiol groups is 1. The number of hydrogen-bond donors (Lipinski definition) is 3. The molecule has 0 radical (unpaired) electrons. The van der Waals surface area contributed by atoms with Crippen molar-refractivity contribution in [1.29, 1.82) is 0 Å². The zero-order chi connectivity index (χ0) is 8.69. The number of rotatable bonds is 6. The van der Waals surface area contributed by atoms with E-state index in [1.165, 1.54) is 0 Å². The molecule has 0 fully saturated rings. The molecular formula is C7H14O2S2. The van der Waals surface area contributed by atoms with Crippen molar-refractivity contribution in [3.05, 3.63) is 0 Å². The maximum atomic E-state index is 9.22. The summed E-state index contributed by atoms with van der Waals surface area (Å²) in [6, 6.07) is 0. The third kappa shape index (κ3) is 8.26. The van der Waals surface area contributed by atoms with Crippen LogP contribution in [0, 0.1) is 0 Å². The minimum atomic E-state index is -0.341. The van der Waals surface area contributed by atoms with Crippen molar-refractivity contribution in [1.82, 2.24) is 0 Å². The molecule has 0 bridgehead atoms. The summed E-state index contributed by atoms with van der Waals surface area (Å²) in [7, 11) is 0. The van der Waals surface area contributed by atoms with E-state index in [4.69, 9.17) is 17.3 Å². The minimum absolute atomic E-state index is 0.141. The molecule has 0 saturated heterocycles. The van der Waals surface area contributed by atoms with Crippen LogP contribution >= 0.6 is 24.8 Å². The topological polar surface area (TPSA) is 40.5 Å². The Morgan fingerprint density at radius 2 is 2.09 bits per heavy atom. The molecule has 0 spiro atoms. The van der Waals surface area contributed by atoms with Gasteiger partial charge in [0, 0.05) is 10.8 Å². The summed E-state index contributed by atoms with van der Waals surface area (Å²) < 4.78 is 0.632. The number of aliphatic hydroxyl groups is 2. The van der Waals surface area contributed by atoms with Crippen LogP contribution in [0.3, 0.4) is 0 Å². The molecule has 0 rings (SSSR count). The lowest BCUT2D eigenvalue weighted by Gasteiger charge is -2.07. The van der Waals surface area contributed by atoms with Crippen LogP contribution in [0.4, 0.5) is 0 Å². The first-order chi connectivity index (χ1) is 5.16. The summed E-state index contributed by atoms with van der Waals surface area (Å²) in [5, 5.41) is 17.7. The molecule has 2 N–H and O–H groups in total. The van der Waals surface area contributed by atoms with E-state index >= 15 is 0 Å². The van der Waals surface area contributed by atoms with Crippen molar-refractivity contribution < 1.29 is 10.2 Å². The lowest BCUT2D eigenvalue weighted by atomic mass is 10.1. The quantitative estimate of drug-likeness (QED) is 0.439. The zero-order valence-corrected chi connectivity index (χ0v) is 8.07. The molecule has 0 heterocycles. The fourth-order valence-corrected chi connectivity index (χ4v) is 1.01. The average Bonchev–Trinajstić information content (AvgIpc) is 1.97. The normalized spacial score (nSPS) is 13.0. The van der Waals surface area contributed by atoms with Crippen molar-refractivity contribution in [3.8, 4) is 0 Å². The maximum absolute atomic E-state index is 9.22. The van der Waals surface area contributed by atoms with Gasteiger partial charge in [0.15, 0.2) is 0 Å². The zero-order valence-electron chi connectivity index (χ0n) is 6.36. The van der Waals surface area contributed by atoms with Crippen LogP contribution in [0.15, 0.2) is 0 Å². The van der Waals surface area contributed by atoms with Gasteiger partial charge in [-0.2, -0.15) is 0 Å². The Kier molecular flexibility index (Phi) is 7.26. The third-order valence-electron chi connectivity index (χ3n) is 1.39. The maximum Gasteiger partial charge on any atom is 0.0544 e. The third-order valence-corrected chi connectivity index (χ3v) is 1.81. The van der Waals surface area contributed by atoms with E-state index in [0.717, 1.165) is 0 Å². The molecule has 1 unspecified atom stereocenters. The predicted octanol–water partition coefficient (Wildman–Crippen LogP) is 1.16. The molecular weight excluding hydrogens is 180 g/mol. The lowest BCUT2D eigenvalue weighted by molar-refractivity contribution is 0.143. The van der Waals surface area contributed by atoms with E-state index in [9.17, 15) is 5.11 Å². The fourth-order valence-electron chi connectivity index (χ4n) is 0.761. The second kappa shape index (κ2) is 7.03. The van der Waals surface area contributed by atoms with Crippen LogP contribution in [-0.4, -0.2) is 27.1 Å². The molecule has 0 aromatic rings.